The third kappa shape index (κ3) is 2.52. The number of rotatable bonds is 2. The molecule has 0 heterocycles. The van der Waals surface area contributed by atoms with E-state index < -0.39 is 11.8 Å². The summed E-state index contributed by atoms with van der Waals surface area (Å²) >= 11 is 0. The van der Waals surface area contributed by atoms with Crippen LogP contribution in [-0.2, 0) is 4.74 Å². The van der Waals surface area contributed by atoms with Crippen molar-refractivity contribution < 1.29 is 13.9 Å². The molecule has 2 aromatic carbocycles. The molecule has 4 heteroatoms. The van der Waals surface area contributed by atoms with Gasteiger partial charge >= 0.3 is 5.97 Å². The second kappa shape index (κ2) is 5.54. The molecule has 3 nitrogen and oxygen atoms in total. The molecule has 0 fully saturated rings. The van der Waals surface area contributed by atoms with Crippen LogP contribution in [0.5, 0.6) is 0 Å². The fourth-order valence-corrected chi connectivity index (χ4v) is 1.92. The van der Waals surface area contributed by atoms with Gasteiger partial charge in [0.15, 0.2) is 0 Å². The van der Waals surface area contributed by atoms with Gasteiger partial charge in [0.25, 0.3) is 0 Å². The molecule has 100 valence electrons. The van der Waals surface area contributed by atoms with Gasteiger partial charge in [-0.15, -0.1) is 0 Å². The number of aryl methyl sites for hydroxylation is 1. The molecule has 0 aliphatic carbocycles. The number of esters is 1. The fraction of sp³-hybridized carbons (Fsp3) is 0.125. The maximum atomic E-state index is 13.8. The van der Waals surface area contributed by atoms with Crippen molar-refractivity contribution in [2.75, 3.05) is 7.11 Å². The Morgan fingerprint density at radius 1 is 1.25 bits per heavy atom. The molecular formula is C16H12FNO2. The van der Waals surface area contributed by atoms with Crippen LogP contribution in [0.15, 0.2) is 36.4 Å². The van der Waals surface area contributed by atoms with E-state index in [4.69, 9.17) is 10.00 Å². The first-order chi connectivity index (χ1) is 9.56. The van der Waals surface area contributed by atoms with Crippen molar-refractivity contribution in [1.82, 2.24) is 0 Å². The summed E-state index contributed by atoms with van der Waals surface area (Å²) in [6.45, 7) is 1.59. The van der Waals surface area contributed by atoms with Gasteiger partial charge in [-0.2, -0.15) is 5.26 Å². The number of halogens is 1. The lowest BCUT2D eigenvalue weighted by Gasteiger charge is -2.10. The lowest BCUT2D eigenvalue weighted by Crippen LogP contribution is -2.05. The molecule has 0 aliphatic rings. The number of carbonyl (C=O) groups is 1. The van der Waals surface area contributed by atoms with Crippen molar-refractivity contribution in [1.29, 1.82) is 5.26 Å². The van der Waals surface area contributed by atoms with Crippen LogP contribution in [0, 0.1) is 24.1 Å². The molecule has 2 aromatic rings. The van der Waals surface area contributed by atoms with E-state index in [1.165, 1.54) is 19.2 Å². The van der Waals surface area contributed by atoms with E-state index in [2.05, 4.69) is 0 Å². The predicted molar refractivity (Wildman–Crippen MR) is 72.6 cm³/mol. The summed E-state index contributed by atoms with van der Waals surface area (Å²) in [5, 5.41) is 8.78. The van der Waals surface area contributed by atoms with Crippen LogP contribution < -0.4 is 0 Å². The third-order valence-electron chi connectivity index (χ3n) is 3.03. The van der Waals surface area contributed by atoms with Gasteiger partial charge in [-0.25, -0.2) is 9.18 Å². The number of benzene rings is 2. The molecule has 0 aromatic heterocycles. The number of ether oxygens (including phenoxy) is 1. The van der Waals surface area contributed by atoms with E-state index >= 15 is 0 Å². The molecule has 0 spiro atoms. The molecule has 2 rings (SSSR count). The van der Waals surface area contributed by atoms with Gasteiger partial charge in [0.2, 0.25) is 0 Å². The Bertz CT molecular complexity index is 700. The zero-order valence-electron chi connectivity index (χ0n) is 11.1. The minimum Gasteiger partial charge on any atom is -0.465 e. The molecule has 0 unspecified atom stereocenters. The van der Waals surface area contributed by atoms with E-state index in [1.807, 2.05) is 6.07 Å². The van der Waals surface area contributed by atoms with Crippen LogP contribution in [0.1, 0.15) is 21.5 Å². The highest BCUT2D eigenvalue weighted by Crippen LogP contribution is 2.27. The molecule has 0 bridgehead atoms. The Hall–Kier alpha value is -2.67. The standard InChI is InChI=1S/C16H12FNO2/c1-10-7-14(16(19)20-2)13(8-15(10)17)12-5-3-11(9-18)4-6-12/h3-8H,1-2H3. The first-order valence-corrected chi connectivity index (χ1v) is 5.96. The number of hydrogen-bond donors (Lipinski definition) is 0. The van der Waals surface area contributed by atoms with Crippen LogP contribution in [0.3, 0.4) is 0 Å². The minimum atomic E-state index is -0.521. The Morgan fingerprint density at radius 3 is 2.45 bits per heavy atom. The largest absolute Gasteiger partial charge is 0.465 e. The molecule has 0 aliphatic heterocycles. The van der Waals surface area contributed by atoms with Gasteiger partial charge in [0.1, 0.15) is 5.82 Å². The summed E-state index contributed by atoms with van der Waals surface area (Å²) in [5.74, 6) is -0.913. The first kappa shape index (κ1) is 13.8. The molecule has 0 radical (unpaired) electrons. The van der Waals surface area contributed by atoms with Crippen LogP contribution in [-0.4, -0.2) is 13.1 Å². The first-order valence-electron chi connectivity index (χ1n) is 5.96. The summed E-state index contributed by atoms with van der Waals surface area (Å²) in [4.78, 5) is 11.8. The number of carbonyl (C=O) groups excluding carboxylic acids is 1. The molecule has 0 atom stereocenters. The molecule has 0 amide bonds. The van der Waals surface area contributed by atoms with Crippen molar-refractivity contribution in [3.63, 3.8) is 0 Å². The summed E-state index contributed by atoms with van der Waals surface area (Å²) in [6.07, 6.45) is 0. The number of hydrogen-bond acceptors (Lipinski definition) is 3. The predicted octanol–water partition coefficient (Wildman–Crippen LogP) is 3.46. The molecule has 20 heavy (non-hydrogen) atoms. The lowest BCUT2D eigenvalue weighted by atomic mass is 9.96. The van der Waals surface area contributed by atoms with Crippen molar-refractivity contribution in [3.05, 3.63) is 58.9 Å². The number of nitrogens with zero attached hydrogens (tertiary/aromatic N) is 1. The SMILES string of the molecule is COC(=O)c1cc(C)c(F)cc1-c1ccc(C#N)cc1. The van der Waals surface area contributed by atoms with E-state index in [0.29, 0.717) is 27.8 Å². The van der Waals surface area contributed by atoms with Crippen LogP contribution >= 0.6 is 0 Å². The maximum Gasteiger partial charge on any atom is 0.338 e. The van der Waals surface area contributed by atoms with Gasteiger partial charge in [0.05, 0.1) is 24.3 Å². The van der Waals surface area contributed by atoms with E-state index in [-0.39, 0.29) is 0 Å². The third-order valence-corrected chi connectivity index (χ3v) is 3.03. The van der Waals surface area contributed by atoms with Crippen molar-refractivity contribution in [2.45, 2.75) is 6.92 Å². The number of methoxy groups -OCH3 is 1. The highest BCUT2D eigenvalue weighted by atomic mass is 19.1. The van der Waals surface area contributed by atoms with Gasteiger partial charge < -0.3 is 4.74 Å². The smallest absolute Gasteiger partial charge is 0.338 e. The van der Waals surface area contributed by atoms with Crippen molar-refractivity contribution in [3.8, 4) is 17.2 Å². The van der Waals surface area contributed by atoms with Gasteiger partial charge in [-0.3, -0.25) is 0 Å². The highest BCUT2D eigenvalue weighted by molar-refractivity contribution is 5.97. The quantitative estimate of drug-likeness (QED) is 0.784. The average molecular weight is 269 g/mol. The Balaban J connectivity index is 2.62. The summed E-state index contributed by atoms with van der Waals surface area (Å²) in [5.41, 5.74) is 2.28. The molecule has 0 N–H and O–H groups in total. The Morgan fingerprint density at radius 2 is 1.90 bits per heavy atom. The summed E-state index contributed by atoms with van der Waals surface area (Å²) in [6, 6.07) is 11.4. The second-order valence-electron chi connectivity index (χ2n) is 4.33. The summed E-state index contributed by atoms with van der Waals surface area (Å²) in [7, 11) is 1.28. The topological polar surface area (TPSA) is 50.1 Å². The number of nitriles is 1. The zero-order chi connectivity index (χ0) is 14.7. The second-order valence-corrected chi connectivity index (χ2v) is 4.33. The minimum absolute atomic E-state index is 0.302. The van der Waals surface area contributed by atoms with Crippen LogP contribution in [0.4, 0.5) is 4.39 Å². The monoisotopic (exact) mass is 269 g/mol. The Kier molecular flexibility index (Phi) is 3.81. The average Bonchev–Trinajstić information content (AvgIpc) is 2.49. The highest BCUT2D eigenvalue weighted by Gasteiger charge is 2.16. The fourth-order valence-electron chi connectivity index (χ4n) is 1.92. The van der Waals surface area contributed by atoms with Crippen LogP contribution in [0.25, 0.3) is 11.1 Å². The van der Waals surface area contributed by atoms with Gasteiger partial charge in [0, 0.05) is 0 Å². The van der Waals surface area contributed by atoms with E-state index in [9.17, 15) is 9.18 Å². The van der Waals surface area contributed by atoms with Crippen molar-refractivity contribution in [2.24, 2.45) is 0 Å². The molecule has 0 saturated heterocycles. The lowest BCUT2D eigenvalue weighted by molar-refractivity contribution is 0.0601. The Labute approximate surface area is 116 Å². The maximum absolute atomic E-state index is 13.8. The van der Waals surface area contributed by atoms with Gasteiger partial charge in [-0.1, -0.05) is 12.1 Å². The summed E-state index contributed by atoms with van der Waals surface area (Å²) < 4.78 is 18.5. The molecular weight excluding hydrogens is 257 g/mol. The van der Waals surface area contributed by atoms with Gasteiger partial charge in [-0.05, 0) is 47.9 Å². The van der Waals surface area contributed by atoms with Crippen LogP contribution in [0.2, 0.25) is 0 Å². The normalized spacial score (nSPS) is 9.90. The zero-order valence-corrected chi connectivity index (χ0v) is 11.1. The van der Waals surface area contributed by atoms with E-state index in [0.717, 1.165) is 0 Å². The van der Waals surface area contributed by atoms with E-state index in [1.54, 1.807) is 31.2 Å². The molecule has 0 saturated carbocycles. The van der Waals surface area contributed by atoms with Crippen molar-refractivity contribution >= 4 is 5.97 Å².